The fourth-order valence-corrected chi connectivity index (χ4v) is 3.48. The third-order valence-corrected chi connectivity index (χ3v) is 5.14. The summed E-state index contributed by atoms with van der Waals surface area (Å²) in [5.41, 5.74) is 6.58. The van der Waals surface area contributed by atoms with Crippen LogP contribution in [0.4, 0.5) is 0 Å². The quantitative estimate of drug-likeness (QED) is 0.752. The van der Waals surface area contributed by atoms with E-state index in [1.807, 2.05) is 31.2 Å². The molecule has 1 heterocycles. The van der Waals surface area contributed by atoms with E-state index in [4.69, 9.17) is 26.8 Å². The molecule has 0 unspecified atom stereocenters. The molecule has 1 fully saturated rings. The third kappa shape index (κ3) is 5.95. The fourth-order valence-electron chi connectivity index (χ4n) is 3.36. The molecule has 0 aromatic heterocycles. The van der Waals surface area contributed by atoms with Crippen LogP contribution in [0.1, 0.15) is 17.5 Å². The summed E-state index contributed by atoms with van der Waals surface area (Å²) >= 11 is 5.90. The van der Waals surface area contributed by atoms with E-state index >= 15 is 0 Å². The Kier molecular flexibility index (Phi) is 6.77. The van der Waals surface area contributed by atoms with Crippen molar-refractivity contribution < 1.29 is 19.1 Å². The van der Waals surface area contributed by atoms with Crippen LogP contribution in [0.2, 0.25) is 5.02 Å². The highest BCUT2D eigenvalue weighted by Crippen LogP contribution is 2.25. The van der Waals surface area contributed by atoms with Crippen molar-refractivity contribution in [2.45, 2.75) is 25.4 Å². The van der Waals surface area contributed by atoms with Gasteiger partial charge in [-0.05, 0) is 36.8 Å². The monoisotopic (exact) mass is 416 g/mol. The number of ether oxygens (including phenoxy) is 2. The number of hydrogen-bond acceptors (Lipinski definition) is 4. The van der Waals surface area contributed by atoms with Crippen LogP contribution in [0, 0.1) is 6.92 Å². The summed E-state index contributed by atoms with van der Waals surface area (Å²) in [5.74, 6) is 0.0833. The lowest BCUT2D eigenvalue weighted by atomic mass is 9.97. The number of carbonyl (C=O) groups is 2. The van der Waals surface area contributed by atoms with Gasteiger partial charge in [0.25, 0.3) is 0 Å². The Morgan fingerprint density at radius 1 is 1.17 bits per heavy atom. The average molecular weight is 417 g/mol. The van der Waals surface area contributed by atoms with Crippen molar-refractivity contribution in [3.8, 4) is 5.75 Å². The maximum atomic E-state index is 12.8. The number of halogens is 1. The largest absolute Gasteiger partial charge is 0.490 e. The molecule has 3 rings (SSSR count). The number of rotatable bonds is 7. The summed E-state index contributed by atoms with van der Waals surface area (Å²) in [6, 6.07) is 14.8. The molecule has 154 valence electrons. The second kappa shape index (κ2) is 9.29. The Bertz CT molecular complexity index is 854. The molecule has 2 amide bonds. The fraction of sp³-hybridized carbons (Fsp3) is 0.364. The lowest BCUT2D eigenvalue weighted by Gasteiger charge is -2.42. The zero-order valence-corrected chi connectivity index (χ0v) is 17.2. The van der Waals surface area contributed by atoms with Crippen LogP contribution in [-0.4, -0.2) is 48.6 Å². The number of nitrogens with zero attached hydrogens (tertiary/aromatic N) is 1. The number of nitrogens with two attached hydrogens (primary N) is 1. The predicted molar refractivity (Wildman–Crippen MR) is 111 cm³/mol. The normalized spacial score (nSPS) is 19.0. The molecule has 6 nitrogen and oxygen atoms in total. The van der Waals surface area contributed by atoms with Gasteiger partial charge in [0.05, 0.1) is 26.0 Å². The van der Waals surface area contributed by atoms with Crippen LogP contribution in [0.5, 0.6) is 5.75 Å². The summed E-state index contributed by atoms with van der Waals surface area (Å²) in [6.07, 6.45) is 0.264. The highest BCUT2D eigenvalue weighted by atomic mass is 35.5. The van der Waals surface area contributed by atoms with Crippen molar-refractivity contribution in [2.75, 3.05) is 26.3 Å². The van der Waals surface area contributed by atoms with Gasteiger partial charge in [-0.15, -0.1) is 0 Å². The third-order valence-electron chi connectivity index (χ3n) is 4.89. The molecule has 2 aromatic carbocycles. The van der Waals surface area contributed by atoms with Gasteiger partial charge in [0.15, 0.2) is 0 Å². The van der Waals surface area contributed by atoms with E-state index in [-0.39, 0.29) is 25.5 Å². The van der Waals surface area contributed by atoms with Crippen molar-refractivity contribution in [1.82, 2.24) is 4.90 Å². The predicted octanol–water partition coefficient (Wildman–Crippen LogP) is 2.74. The van der Waals surface area contributed by atoms with E-state index in [1.54, 1.807) is 29.2 Å². The first-order chi connectivity index (χ1) is 13.8. The van der Waals surface area contributed by atoms with Crippen LogP contribution in [0.25, 0.3) is 0 Å². The van der Waals surface area contributed by atoms with E-state index < -0.39 is 11.5 Å². The molecule has 1 atom stereocenters. The number of benzene rings is 2. The van der Waals surface area contributed by atoms with Crippen LogP contribution in [-0.2, 0) is 20.7 Å². The zero-order chi connectivity index (χ0) is 20.9. The van der Waals surface area contributed by atoms with E-state index in [2.05, 4.69) is 0 Å². The van der Waals surface area contributed by atoms with Crippen molar-refractivity contribution in [1.29, 1.82) is 0 Å². The number of morpholine rings is 1. The Morgan fingerprint density at radius 2 is 1.86 bits per heavy atom. The van der Waals surface area contributed by atoms with Gasteiger partial charge in [0.2, 0.25) is 11.8 Å². The van der Waals surface area contributed by atoms with Crippen LogP contribution >= 0.6 is 11.6 Å². The molecule has 0 spiro atoms. The maximum Gasteiger partial charge on any atom is 0.227 e. The second-order valence-electron chi connectivity index (χ2n) is 7.39. The average Bonchev–Trinajstić information content (AvgIpc) is 2.69. The van der Waals surface area contributed by atoms with Gasteiger partial charge in [-0.3, -0.25) is 9.59 Å². The SMILES string of the molecule is Cc1ccc(CC(=O)N2CCO[C@@](COc3ccc(Cl)cc3)(CC(N)=O)C2)cc1. The number of amides is 2. The highest BCUT2D eigenvalue weighted by molar-refractivity contribution is 6.30. The van der Waals surface area contributed by atoms with Gasteiger partial charge >= 0.3 is 0 Å². The maximum absolute atomic E-state index is 12.8. The molecule has 0 saturated carbocycles. The van der Waals surface area contributed by atoms with Gasteiger partial charge in [-0.1, -0.05) is 41.4 Å². The smallest absolute Gasteiger partial charge is 0.227 e. The molecule has 1 saturated heterocycles. The summed E-state index contributed by atoms with van der Waals surface area (Å²) in [4.78, 5) is 26.3. The summed E-state index contributed by atoms with van der Waals surface area (Å²) < 4.78 is 11.8. The number of carbonyl (C=O) groups excluding carboxylic acids is 2. The molecule has 0 radical (unpaired) electrons. The Morgan fingerprint density at radius 3 is 2.52 bits per heavy atom. The van der Waals surface area contributed by atoms with Crippen LogP contribution in [0.3, 0.4) is 0 Å². The van der Waals surface area contributed by atoms with Crippen molar-refractivity contribution in [2.24, 2.45) is 5.73 Å². The molecular weight excluding hydrogens is 392 g/mol. The highest BCUT2D eigenvalue weighted by Gasteiger charge is 2.40. The molecule has 2 N–H and O–H groups in total. The van der Waals surface area contributed by atoms with Gasteiger partial charge in [0, 0.05) is 11.6 Å². The lowest BCUT2D eigenvalue weighted by molar-refractivity contribution is -0.161. The summed E-state index contributed by atoms with van der Waals surface area (Å²) in [6.45, 7) is 3.13. The van der Waals surface area contributed by atoms with E-state index in [0.717, 1.165) is 11.1 Å². The topological polar surface area (TPSA) is 81.9 Å². The molecule has 0 aliphatic carbocycles. The second-order valence-corrected chi connectivity index (χ2v) is 7.83. The van der Waals surface area contributed by atoms with Gasteiger partial charge in [-0.25, -0.2) is 0 Å². The zero-order valence-electron chi connectivity index (χ0n) is 16.4. The first-order valence-corrected chi connectivity index (χ1v) is 9.87. The van der Waals surface area contributed by atoms with Crippen molar-refractivity contribution in [3.05, 3.63) is 64.7 Å². The number of aryl methyl sites for hydroxylation is 1. The van der Waals surface area contributed by atoms with Gasteiger partial charge in [0.1, 0.15) is 18.0 Å². The summed E-state index contributed by atoms with van der Waals surface area (Å²) in [5, 5.41) is 0.603. The lowest BCUT2D eigenvalue weighted by Crippen LogP contribution is -2.58. The van der Waals surface area contributed by atoms with E-state index in [0.29, 0.717) is 30.3 Å². The number of primary amides is 1. The minimum atomic E-state index is -0.980. The van der Waals surface area contributed by atoms with Gasteiger partial charge < -0.3 is 20.1 Å². The molecule has 1 aliphatic heterocycles. The molecule has 7 heteroatoms. The molecule has 2 aromatic rings. The van der Waals surface area contributed by atoms with E-state index in [1.165, 1.54) is 0 Å². The van der Waals surface area contributed by atoms with Crippen molar-refractivity contribution >= 4 is 23.4 Å². The molecule has 1 aliphatic rings. The molecular formula is C22H25ClN2O4. The first kappa shape index (κ1) is 21.1. The summed E-state index contributed by atoms with van der Waals surface area (Å²) in [7, 11) is 0. The number of hydrogen-bond donors (Lipinski definition) is 1. The minimum Gasteiger partial charge on any atom is -0.490 e. The molecule has 29 heavy (non-hydrogen) atoms. The van der Waals surface area contributed by atoms with Crippen molar-refractivity contribution in [3.63, 3.8) is 0 Å². The minimum absolute atomic E-state index is 0.0162. The van der Waals surface area contributed by atoms with Gasteiger partial charge in [-0.2, -0.15) is 0 Å². The Hall–Kier alpha value is -2.57. The Balaban J connectivity index is 1.69. The van der Waals surface area contributed by atoms with Crippen LogP contribution in [0.15, 0.2) is 48.5 Å². The first-order valence-electron chi connectivity index (χ1n) is 9.49. The van der Waals surface area contributed by atoms with E-state index in [9.17, 15) is 9.59 Å². The standard InChI is InChI=1S/C22H25ClN2O4/c1-16-2-4-17(5-3-16)12-21(27)25-10-11-29-22(14-25,13-20(24)26)15-28-19-8-6-18(23)7-9-19/h2-9H,10-15H2,1H3,(H2,24,26)/t22-/m0/s1. The molecule has 0 bridgehead atoms. The Labute approximate surface area is 175 Å². The van der Waals surface area contributed by atoms with Crippen LogP contribution < -0.4 is 10.5 Å².